The topological polar surface area (TPSA) is 98.2 Å². The zero-order valence-electron chi connectivity index (χ0n) is 17.1. The highest BCUT2D eigenvalue weighted by Gasteiger charge is 2.11. The molecule has 7 nitrogen and oxygen atoms in total. The maximum atomic E-state index is 12.7. The molecule has 0 atom stereocenters. The van der Waals surface area contributed by atoms with Crippen molar-refractivity contribution in [3.05, 3.63) is 83.3 Å². The van der Waals surface area contributed by atoms with Crippen LogP contribution in [0.2, 0.25) is 0 Å². The third-order valence-electron chi connectivity index (χ3n) is 4.39. The van der Waals surface area contributed by atoms with E-state index in [-0.39, 0.29) is 17.3 Å². The van der Waals surface area contributed by atoms with Crippen LogP contribution in [0.25, 0.3) is 0 Å². The normalized spacial score (nSPS) is 10.6. The van der Waals surface area contributed by atoms with E-state index in [4.69, 9.17) is 4.74 Å². The maximum Gasteiger partial charge on any atom is 0.252 e. The van der Waals surface area contributed by atoms with E-state index in [0.717, 1.165) is 17.4 Å². The first-order valence-corrected chi connectivity index (χ1v) is 11.2. The Balaban J connectivity index is 1.67. The van der Waals surface area contributed by atoms with E-state index in [0.29, 0.717) is 23.4 Å². The number of benzene rings is 1. The molecule has 1 N–H and O–H groups in total. The highest BCUT2D eigenvalue weighted by Crippen LogP contribution is 2.12. The van der Waals surface area contributed by atoms with Crippen molar-refractivity contribution in [2.75, 3.05) is 13.4 Å². The predicted molar refractivity (Wildman–Crippen MR) is 116 cm³/mol. The van der Waals surface area contributed by atoms with Crippen LogP contribution in [0.4, 0.5) is 0 Å². The van der Waals surface area contributed by atoms with Crippen molar-refractivity contribution in [1.82, 2.24) is 15.3 Å². The summed E-state index contributed by atoms with van der Waals surface area (Å²) in [6.07, 6.45) is 6.37. The maximum absolute atomic E-state index is 12.7. The standard InChI is InChI=1S/C23H21N3O4S/c1-30-22-14-17(10-13-25-22)4-3-5-19-16-24-12-11-21(19)23(27)26-15-18-6-8-20(9-7-18)31(2,28)29/h6-14,16H,4,15H2,1-2H3,(H,26,27). The van der Waals surface area contributed by atoms with Gasteiger partial charge in [0, 0.05) is 43.9 Å². The van der Waals surface area contributed by atoms with E-state index in [1.165, 1.54) is 18.3 Å². The summed E-state index contributed by atoms with van der Waals surface area (Å²) in [5, 5.41) is 2.83. The van der Waals surface area contributed by atoms with Gasteiger partial charge in [-0.3, -0.25) is 9.78 Å². The predicted octanol–water partition coefficient (Wildman–Crippen LogP) is 2.41. The minimum absolute atomic E-state index is 0.237. The first kappa shape index (κ1) is 22.0. The Kier molecular flexibility index (Phi) is 7.00. The second-order valence-corrected chi connectivity index (χ2v) is 8.72. The van der Waals surface area contributed by atoms with Crippen LogP contribution in [0.15, 0.2) is 66.0 Å². The number of nitrogens with zero attached hydrogens (tertiary/aromatic N) is 2. The number of rotatable bonds is 6. The summed E-state index contributed by atoms with van der Waals surface area (Å²) >= 11 is 0. The van der Waals surface area contributed by atoms with E-state index >= 15 is 0 Å². The molecule has 8 heteroatoms. The summed E-state index contributed by atoms with van der Waals surface area (Å²) in [6.45, 7) is 0.259. The number of carbonyl (C=O) groups excluding carboxylic acids is 1. The molecule has 0 radical (unpaired) electrons. The van der Waals surface area contributed by atoms with Gasteiger partial charge in [-0.05, 0) is 35.4 Å². The molecule has 1 amide bonds. The Morgan fingerprint density at radius 3 is 2.58 bits per heavy atom. The Bertz CT molecular complexity index is 1240. The van der Waals surface area contributed by atoms with Gasteiger partial charge in [0.05, 0.1) is 23.1 Å². The number of aromatic nitrogens is 2. The van der Waals surface area contributed by atoms with Crippen LogP contribution in [0.1, 0.15) is 27.0 Å². The lowest BCUT2D eigenvalue weighted by atomic mass is 10.1. The van der Waals surface area contributed by atoms with Gasteiger partial charge in [-0.2, -0.15) is 0 Å². The molecule has 3 aromatic rings. The fourth-order valence-electron chi connectivity index (χ4n) is 2.74. The van der Waals surface area contributed by atoms with Gasteiger partial charge in [0.1, 0.15) is 0 Å². The third-order valence-corrected chi connectivity index (χ3v) is 5.52. The van der Waals surface area contributed by atoms with Gasteiger partial charge in [-0.1, -0.05) is 24.0 Å². The largest absolute Gasteiger partial charge is 0.481 e. The van der Waals surface area contributed by atoms with E-state index in [9.17, 15) is 13.2 Å². The van der Waals surface area contributed by atoms with Crippen molar-refractivity contribution < 1.29 is 17.9 Å². The van der Waals surface area contributed by atoms with Gasteiger partial charge in [0.2, 0.25) is 5.88 Å². The fourth-order valence-corrected chi connectivity index (χ4v) is 3.37. The van der Waals surface area contributed by atoms with Gasteiger partial charge in [0.15, 0.2) is 9.84 Å². The van der Waals surface area contributed by atoms with Crippen molar-refractivity contribution in [2.45, 2.75) is 17.9 Å². The first-order valence-electron chi connectivity index (χ1n) is 9.36. The molecule has 0 saturated carbocycles. The van der Waals surface area contributed by atoms with Gasteiger partial charge < -0.3 is 10.1 Å². The summed E-state index contributed by atoms with van der Waals surface area (Å²) in [5.74, 6) is 6.28. The lowest BCUT2D eigenvalue weighted by Gasteiger charge is -2.07. The minimum Gasteiger partial charge on any atom is -0.481 e. The number of hydrogen-bond donors (Lipinski definition) is 1. The quantitative estimate of drug-likeness (QED) is 0.597. The minimum atomic E-state index is -3.25. The average molecular weight is 436 g/mol. The summed E-state index contributed by atoms with van der Waals surface area (Å²) in [6, 6.07) is 11.7. The molecule has 0 fully saturated rings. The van der Waals surface area contributed by atoms with Crippen LogP contribution in [0.3, 0.4) is 0 Å². The van der Waals surface area contributed by atoms with E-state index in [1.807, 2.05) is 6.07 Å². The third kappa shape index (κ3) is 6.14. The smallest absolute Gasteiger partial charge is 0.252 e. The number of pyridine rings is 2. The molecule has 2 aromatic heterocycles. The zero-order valence-corrected chi connectivity index (χ0v) is 17.9. The van der Waals surface area contributed by atoms with Crippen molar-refractivity contribution in [3.8, 4) is 17.7 Å². The Labute approximate surface area is 181 Å². The molecule has 3 rings (SSSR count). The number of ether oxygens (including phenoxy) is 1. The second-order valence-electron chi connectivity index (χ2n) is 6.71. The fraction of sp³-hybridized carbons (Fsp3) is 0.174. The van der Waals surface area contributed by atoms with Crippen molar-refractivity contribution in [1.29, 1.82) is 0 Å². The monoisotopic (exact) mass is 435 g/mol. The van der Waals surface area contributed by atoms with Crippen LogP contribution >= 0.6 is 0 Å². The van der Waals surface area contributed by atoms with Crippen LogP contribution in [-0.2, 0) is 22.8 Å². The summed E-state index contributed by atoms with van der Waals surface area (Å²) in [5.41, 5.74) is 2.68. The molecule has 0 aliphatic heterocycles. The molecule has 0 bridgehead atoms. The Morgan fingerprint density at radius 2 is 1.87 bits per heavy atom. The Hall–Kier alpha value is -3.70. The molecule has 0 saturated heterocycles. The van der Waals surface area contributed by atoms with Gasteiger partial charge in [0.25, 0.3) is 5.91 Å². The number of carbonyl (C=O) groups is 1. The lowest BCUT2D eigenvalue weighted by molar-refractivity contribution is 0.0950. The molecule has 0 aliphatic carbocycles. The van der Waals surface area contributed by atoms with Gasteiger partial charge in [-0.25, -0.2) is 13.4 Å². The molecule has 2 heterocycles. The van der Waals surface area contributed by atoms with Gasteiger partial charge in [-0.15, -0.1) is 0 Å². The summed E-state index contributed by atoms with van der Waals surface area (Å²) in [4.78, 5) is 21.0. The van der Waals surface area contributed by atoms with Crippen molar-refractivity contribution in [3.63, 3.8) is 0 Å². The number of methoxy groups -OCH3 is 1. The molecular formula is C23H21N3O4S. The van der Waals surface area contributed by atoms with Crippen LogP contribution in [0.5, 0.6) is 5.88 Å². The van der Waals surface area contributed by atoms with Crippen molar-refractivity contribution in [2.24, 2.45) is 0 Å². The second kappa shape index (κ2) is 9.87. The van der Waals surface area contributed by atoms with Crippen LogP contribution in [0, 0.1) is 11.8 Å². The number of amides is 1. The highest BCUT2D eigenvalue weighted by molar-refractivity contribution is 7.90. The highest BCUT2D eigenvalue weighted by atomic mass is 32.2. The van der Waals surface area contributed by atoms with E-state index in [2.05, 4.69) is 27.1 Å². The van der Waals surface area contributed by atoms with E-state index in [1.54, 1.807) is 43.8 Å². The molecule has 0 aliphatic rings. The average Bonchev–Trinajstić information content (AvgIpc) is 2.77. The van der Waals surface area contributed by atoms with Crippen LogP contribution < -0.4 is 10.1 Å². The molecular weight excluding hydrogens is 414 g/mol. The van der Waals surface area contributed by atoms with Gasteiger partial charge >= 0.3 is 0 Å². The molecule has 31 heavy (non-hydrogen) atoms. The zero-order chi connectivity index (χ0) is 22.3. The molecule has 0 spiro atoms. The summed E-state index contributed by atoms with van der Waals surface area (Å²) < 4.78 is 28.2. The first-order chi connectivity index (χ1) is 14.9. The SMILES string of the molecule is COc1cc(CC#Cc2cnccc2C(=O)NCc2ccc(S(C)(=O)=O)cc2)ccn1. The van der Waals surface area contributed by atoms with Crippen LogP contribution in [-0.4, -0.2) is 37.7 Å². The van der Waals surface area contributed by atoms with E-state index < -0.39 is 9.84 Å². The number of sulfone groups is 1. The molecule has 158 valence electrons. The number of hydrogen-bond acceptors (Lipinski definition) is 6. The summed E-state index contributed by atoms with van der Waals surface area (Å²) in [7, 11) is -1.70. The number of nitrogens with one attached hydrogen (secondary N) is 1. The van der Waals surface area contributed by atoms with Crippen molar-refractivity contribution >= 4 is 15.7 Å². The Morgan fingerprint density at radius 1 is 1.10 bits per heavy atom. The molecule has 0 unspecified atom stereocenters. The molecule has 1 aromatic carbocycles. The lowest BCUT2D eigenvalue weighted by Crippen LogP contribution is -2.23.